The van der Waals surface area contributed by atoms with Crippen LogP contribution < -0.4 is 16.6 Å². The molecule has 1 heterocycles. The second-order valence-electron chi connectivity index (χ2n) is 10.9. The molecule has 39 heavy (non-hydrogen) atoms. The molecule has 0 bridgehead atoms. The highest BCUT2D eigenvalue weighted by Crippen LogP contribution is 2.26. The zero-order valence-corrected chi connectivity index (χ0v) is 23.7. The van der Waals surface area contributed by atoms with Crippen LogP contribution in [0.15, 0.2) is 36.4 Å². The Morgan fingerprint density at radius 2 is 1.82 bits per heavy atom. The molecule has 218 valence electrons. The van der Waals surface area contributed by atoms with Gasteiger partial charge in [0.1, 0.15) is 6.04 Å². The molecule has 1 saturated heterocycles. The molecule has 0 aromatic heterocycles. The summed E-state index contributed by atoms with van der Waals surface area (Å²) in [4.78, 5) is 45.5. The van der Waals surface area contributed by atoms with E-state index in [-0.39, 0.29) is 24.8 Å². The van der Waals surface area contributed by atoms with E-state index < -0.39 is 48.5 Å². The maximum atomic E-state index is 13.7. The van der Waals surface area contributed by atoms with Crippen molar-refractivity contribution in [2.75, 3.05) is 19.8 Å². The minimum atomic E-state index is -1.16. The van der Waals surface area contributed by atoms with Crippen molar-refractivity contribution in [3.05, 3.63) is 42.0 Å². The topological polar surface area (TPSA) is 143 Å². The van der Waals surface area contributed by atoms with E-state index in [1.807, 2.05) is 70.2 Å². The van der Waals surface area contributed by atoms with Crippen LogP contribution >= 0.6 is 0 Å². The second-order valence-corrected chi connectivity index (χ2v) is 10.9. The number of hydrogen-bond donors (Lipinski definition) is 4. The van der Waals surface area contributed by atoms with Crippen LogP contribution in [-0.2, 0) is 24.0 Å². The molecular weight excluding hydrogens is 500 g/mol. The fraction of sp³-hybridized carbons (Fsp3) is 0.621. The first-order valence-electron chi connectivity index (χ1n) is 13.9. The van der Waals surface area contributed by atoms with Crippen molar-refractivity contribution in [2.24, 2.45) is 29.4 Å². The molecule has 4 atom stereocenters. The molecule has 1 fully saturated rings. The van der Waals surface area contributed by atoms with Gasteiger partial charge in [-0.1, -0.05) is 70.2 Å². The van der Waals surface area contributed by atoms with E-state index in [4.69, 9.17) is 15.3 Å². The van der Waals surface area contributed by atoms with Gasteiger partial charge in [-0.2, -0.15) is 0 Å². The molecule has 10 heteroatoms. The molecule has 0 radical (unpaired) electrons. The van der Waals surface area contributed by atoms with E-state index in [1.165, 1.54) is 0 Å². The lowest BCUT2D eigenvalue weighted by Gasteiger charge is -2.32. The molecular formula is C29H46N4O6. The third-order valence-corrected chi connectivity index (χ3v) is 6.39. The quantitative estimate of drug-likeness (QED) is 0.263. The molecule has 1 aliphatic rings. The molecule has 0 aliphatic carbocycles. The molecule has 5 N–H and O–H groups in total. The van der Waals surface area contributed by atoms with Crippen LogP contribution in [0.25, 0.3) is 6.08 Å². The number of rotatable bonds is 14. The molecule has 1 aliphatic heterocycles. The van der Waals surface area contributed by atoms with Crippen molar-refractivity contribution in [3.63, 3.8) is 0 Å². The zero-order valence-electron chi connectivity index (χ0n) is 23.7. The molecule has 1 aromatic rings. The number of hydrogen-bond acceptors (Lipinski definition) is 7. The van der Waals surface area contributed by atoms with Crippen LogP contribution in [0.3, 0.4) is 0 Å². The standard InChI is InChI=1S/C29H46N4O6/c1-20(2)17-24(27(35)31-33(18-21(3)4)29(37)25(30)19-34)23(14-10-13-22-11-6-5-7-12-22)28(36)32-39-26-15-8-9-16-38-26/h5-7,10-13,20-21,23-26,34H,8-9,14-19,30H2,1-4H3,(H,31,35)(H,32,36)/b13-10+/t23-,24+,25+,26?/m0/s1. The smallest absolute Gasteiger partial charge is 0.260 e. The highest BCUT2D eigenvalue weighted by molar-refractivity contribution is 5.90. The van der Waals surface area contributed by atoms with Gasteiger partial charge in [0.2, 0.25) is 11.8 Å². The van der Waals surface area contributed by atoms with Crippen LogP contribution in [0, 0.1) is 23.7 Å². The van der Waals surface area contributed by atoms with Gasteiger partial charge in [0.15, 0.2) is 6.29 Å². The van der Waals surface area contributed by atoms with Gasteiger partial charge in [-0.3, -0.25) is 24.8 Å². The summed E-state index contributed by atoms with van der Waals surface area (Å²) in [5.41, 5.74) is 12.0. The summed E-state index contributed by atoms with van der Waals surface area (Å²) in [7, 11) is 0. The Morgan fingerprint density at radius 1 is 1.10 bits per heavy atom. The predicted molar refractivity (Wildman–Crippen MR) is 149 cm³/mol. The first-order valence-corrected chi connectivity index (χ1v) is 13.9. The van der Waals surface area contributed by atoms with E-state index in [1.54, 1.807) is 0 Å². The Hall–Kier alpha value is -2.79. The van der Waals surface area contributed by atoms with Gasteiger partial charge in [0.05, 0.1) is 18.4 Å². The van der Waals surface area contributed by atoms with Crippen molar-refractivity contribution in [3.8, 4) is 0 Å². The average Bonchev–Trinajstić information content (AvgIpc) is 2.92. The number of nitrogens with one attached hydrogen (secondary N) is 2. The third kappa shape index (κ3) is 11.5. The van der Waals surface area contributed by atoms with Crippen molar-refractivity contribution in [2.45, 2.75) is 72.1 Å². The summed E-state index contributed by atoms with van der Waals surface area (Å²) >= 11 is 0. The monoisotopic (exact) mass is 546 g/mol. The van der Waals surface area contributed by atoms with Crippen molar-refractivity contribution < 1.29 is 29.1 Å². The van der Waals surface area contributed by atoms with Crippen molar-refractivity contribution in [1.82, 2.24) is 15.9 Å². The highest BCUT2D eigenvalue weighted by atomic mass is 16.8. The number of hydrazine groups is 1. The lowest BCUT2D eigenvalue weighted by atomic mass is 9.82. The summed E-state index contributed by atoms with van der Waals surface area (Å²) in [6.45, 7) is 7.97. The van der Waals surface area contributed by atoms with Crippen molar-refractivity contribution in [1.29, 1.82) is 0 Å². The minimum Gasteiger partial charge on any atom is -0.394 e. The van der Waals surface area contributed by atoms with Crippen LogP contribution in [0.4, 0.5) is 0 Å². The molecule has 2 rings (SSSR count). The van der Waals surface area contributed by atoms with Gasteiger partial charge in [-0.05, 0) is 43.1 Å². The molecule has 1 unspecified atom stereocenters. The highest BCUT2D eigenvalue weighted by Gasteiger charge is 2.36. The summed E-state index contributed by atoms with van der Waals surface area (Å²) in [5, 5.41) is 10.6. The van der Waals surface area contributed by atoms with E-state index in [0.717, 1.165) is 23.4 Å². The second kappa shape index (κ2) is 17.0. The maximum Gasteiger partial charge on any atom is 0.260 e. The number of carbonyl (C=O) groups is 3. The first kappa shape index (κ1) is 32.4. The maximum absolute atomic E-state index is 13.7. The molecule has 0 saturated carbocycles. The Labute approximate surface area is 232 Å². The Balaban J connectivity index is 2.29. The average molecular weight is 547 g/mol. The molecule has 3 amide bonds. The number of nitrogens with two attached hydrogens (primary N) is 1. The number of nitrogens with zero attached hydrogens (tertiary/aromatic N) is 1. The lowest BCUT2D eigenvalue weighted by Crippen LogP contribution is -2.57. The normalized spacial score (nSPS) is 18.1. The Kier molecular flexibility index (Phi) is 14.1. The van der Waals surface area contributed by atoms with Crippen LogP contribution in [0.5, 0.6) is 0 Å². The van der Waals surface area contributed by atoms with Crippen LogP contribution in [-0.4, -0.2) is 59.9 Å². The number of aliphatic hydroxyl groups is 1. The van der Waals surface area contributed by atoms with E-state index >= 15 is 0 Å². The van der Waals surface area contributed by atoms with Gasteiger partial charge in [0, 0.05) is 19.6 Å². The molecule has 10 nitrogen and oxygen atoms in total. The SMILES string of the molecule is CC(C)C[C@@H](C(=O)NN(CC(C)C)C(=O)[C@H](N)CO)[C@H](C/C=C/c1ccccc1)C(=O)NOC1CCCCO1. The summed E-state index contributed by atoms with van der Waals surface area (Å²) in [5.74, 6) is -2.93. The van der Waals surface area contributed by atoms with Gasteiger partial charge in [-0.15, -0.1) is 0 Å². The number of hydroxylamine groups is 1. The van der Waals surface area contributed by atoms with Crippen LogP contribution in [0.1, 0.15) is 65.4 Å². The van der Waals surface area contributed by atoms with Crippen LogP contribution in [0.2, 0.25) is 0 Å². The van der Waals surface area contributed by atoms with E-state index in [2.05, 4.69) is 10.9 Å². The predicted octanol–water partition coefficient (Wildman–Crippen LogP) is 2.78. The van der Waals surface area contributed by atoms with Gasteiger partial charge in [0.25, 0.3) is 5.91 Å². The number of allylic oxidation sites excluding steroid dienone is 1. The molecule has 1 aromatic carbocycles. The summed E-state index contributed by atoms with van der Waals surface area (Å²) in [6.07, 6.45) is 6.49. The van der Waals surface area contributed by atoms with E-state index in [9.17, 15) is 19.5 Å². The fourth-order valence-corrected chi connectivity index (χ4v) is 4.38. The third-order valence-electron chi connectivity index (χ3n) is 6.39. The van der Waals surface area contributed by atoms with Crippen molar-refractivity contribution >= 4 is 23.8 Å². The number of amides is 3. The zero-order chi connectivity index (χ0) is 28.8. The van der Waals surface area contributed by atoms with Gasteiger partial charge < -0.3 is 15.6 Å². The largest absolute Gasteiger partial charge is 0.394 e. The summed E-state index contributed by atoms with van der Waals surface area (Å²) in [6, 6.07) is 8.52. The number of carbonyl (C=O) groups excluding carboxylic acids is 3. The van der Waals surface area contributed by atoms with Gasteiger partial charge in [-0.25, -0.2) is 10.3 Å². The fourth-order valence-electron chi connectivity index (χ4n) is 4.38. The lowest BCUT2D eigenvalue weighted by molar-refractivity contribution is -0.203. The Bertz CT molecular complexity index is 918. The summed E-state index contributed by atoms with van der Waals surface area (Å²) < 4.78 is 5.56. The minimum absolute atomic E-state index is 0.0282. The number of benzene rings is 1. The number of ether oxygens (including phenoxy) is 1. The van der Waals surface area contributed by atoms with E-state index in [0.29, 0.717) is 19.4 Å². The number of aliphatic hydroxyl groups excluding tert-OH is 1. The van der Waals surface area contributed by atoms with Gasteiger partial charge >= 0.3 is 0 Å². The molecule has 0 spiro atoms. The first-order chi connectivity index (χ1) is 18.6. The Morgan fingerprint density at radius 3 is 2.41 bits per heavy atom.